The average molecular weight is 874 g/mol. The summed E-state index contributed by atoms with van der Waals surface area (Å²) in [6, 6.07) is -1.01. The Labute approximate surface area is 386 Å². The number of allylic oxidation sites excluding steroid dienone is 6. The first kappa shape index (κ1) is 60.5. The van der Waals surface area contributed by atoms with E-state index in [0.717, 1.165) is 38.5 Å². The summed E-state index contributed by atoms with van der Waals surface area (Å²) in [6.45, 7) is 4.06. The largest absolute Gasteiger partial charge is 0.394 e. The highest BCUT2D eigenvalue weighted by molar-refractivity contribution is 5.80. The number of carbonyl (C=O) groups is 1. The van der Waals surface area contributed by atoms with Gasteiger partial charge >= 0.3 is 0 Å². The summed E-state index contributed by atoms with van der Waals surface area (Å²) in [5, 5.41) is 43.9. The number of nitrogens with one attached hydrogen (secondary N) is 1. The van der Waals surface area contributed by atoms with Crippen LogP contribution in [0, 0.1) is 0 Å². The Kier molecular flexibility index (Phi) is 49.3. The monoisotopic (exact) mass is 874 g/mol. The highest BCUT2D eigenvalue weighted by Gasteiger charge is 2.28. The van der Waals surface area contributed by atoms with Crippen LogP contribution in [0.25, 0.3) is 0 Å². The van der Waals surface area contributed by atoms with Gasteiger partial charge in [0.1, 0.15) is 12.2 Å². The number of hydrogen-bond acceptors (Lipinski definition) is 5. The molecule has 366 valence electrons. The van der Waals surface area contributed by atoms with Gasteiger partial charge in [0.2, 0.25) is 5.91 Å². The van der Waals surface area contributed by atoms with E-state index in [2.05, 4.69) is 55.6 Å². The minimum atomic E-state index is -1.29. The fourth-order valence-corrected chi connectivity index (χ4v) is 8.48. The maximum Gasteiger partial charge on any atom is 0.249 e. The lowest BCUT2D eigenvalue weighted by atomic mass is 10.00. The Hall–Kier alpha value is -1.47. The van der Waals surface area contributed by atoms with Crippen LogP contribution in [0.1, 0.15) is 284 Å². The summed E-state index contributed by atoms with van der Waals surface area (Å²) in [7, 11) is 0. The molecule has 0 heterocycles. The topological polar surface area (TPSA) is 110 Å². The molecular formula is C56H107NO5. The van der Waals surface area contributed by atoms with Crippen molar-refractivity contribution >= 4 is 5.91 Å². The maximum atomic E-state index is 12.6. The first-order valence-electron chi connectivity index (χ1n) is 27.4. The molecule has 1 amide bonds. The van der Waals surface area contributed by atoms with E-state index in [1.165, 1.54) is 212 Å². The molecule has 0 aliphatic carbocycles. The molecule has 4 unspecified atom stereocenters. The SMILES string of the molecule is CCCCCCCCCCCC/C=C/CC/C=C/CCCC(O)C(O)C(CO)NC(=O)C(O)CCCCCCCCCCCCC/C=C\CCCCCCCCCCCCCC. The fraction of sp³-hybridized carbons (Fsp3) is 0.875. The molecule has 0 bridgehead atoms. The Morgan fingerprint density at radius 3 is 1.02 bits per heavy atom. The molecule has 0 rings (SSSR count). The van der Waals surface area contributed by atoms with Crippen LogP contribution < -0.4 is 5.32 Å². The van der Waals surface area contributed by atoms with Crippen LogP contribution >= 0.6 is 0 Å². The van der Waals surface area contributed by atoms with Crippen molar-refractivity contribution in [3.05, 3.63) is 36.5 Å². The molecule has 0 saturated carbocycles. The molecule has 6 nitrogen and oxygen atoms in total. The van der Waals surface area contributed by atoms with Crippen molar-refractivity contribution in [1.82, 2.24) is 5.32 Å². The zero-order chi connectivity index (χ0) is 45.2. The van der Waals surface area contributed by atoms with Gasteiger partial charge < -0.3 is 25.7 Å². The molecule has 0 aromatic carbocycles. The van der Waals surface area contributed by atoms with Crippen molar-refractivity contribution < 1.29 is 25.2 Å². The van der Waals surface area contributed by atoms with Crippen molar-refractivity contribution in [2.45, 2.75) is 308 Å². The summed E-state index contributed by atoms with van der Waals surface area (Å²) in [4.78, 5) is 12.6. The smallest absolute Gasteiger partial charge is 0.249 e. The number of aliphatic hydroxyl groups is 4. The van der Waals surface area contributed by atoms with Crippen molar-refractivity contribution in [3.63, 3.8) is 0 Å². The molecule has 0 saturated heterocycles. The van der Waals surface area contributed by atoms with Gasteiger partial charge in [-0.3, -0.25) is 4.79 Å². The molecule has 0 aromatic rings. The van der Waals surface area contributed by atoms with Crippen LogP contribution in [0.15, 0.2) is 36.5 Å². The number of hydrogen-bond donors (Lipinski definition) is 5. The zero-order valence-electron chi connectivity index (χ0n) is 41.4. The number of aliphatic hydroxyl groups excluding tert-OH is 4. The lowest BCUT2D eigenvalue weighted by Gasteiger charge is -2.27. The van der Waals surface area contributed by atoms with Crippen LogP contribution in [0.3, 0.4) is 0 Å². The van der Waals surface area contributed by atoms with Crippen LogP contribution in [0.4, 0.5) is 0 Å². The minimum absolute atomic E-state index is 0.360. The van der Waals surface area contributed by atoms with Gasteiger partial charge in [0.15, 0.2) is 0 Å². The average Bonchev–Trinajstić information content (AvgIpc) is 3.28. The molecule has 5 N–H and O–H groups in total. The summed E-state index contributed by atoms with van der Waals surface area (Å²) >= 11 is 0. The maximum absolute atomic E-state index is 12.6. The summed E-state index contributed by atoms with van der Waals surface area (Å²) in [5.74, 6) is -0.596. The molecule has 0 fully saturated rings. The first-order chi connectivity index (χ1) is 30.5. The van der Waals surface area contributed by atoms with Gasteiger partial charge in [0.25, 0.3) is 0 Å². The number of carbonyl (C=O) groups excluding carboxylic acids is 1. The van der Waals surface area contributed by atoms with Gasteiger partial charge in [-0.25, -0.2) is 0 Å². The van der Waals surface area contributed by atoms with E-state index in [1.54, 1.807) is 0 Å². The first-order valence-corrected chi connectivity index (χ1v) is 27.4. The van der Waals surface area contributed by atoms with Crippen molar-refractivity contribution in [1.29, 1.82) is 0 Å². The van der Waals surface area contributed by atoms with Gasteiger partial charge in [0.05, 0.1) is 18.8 Å². The second-order valence-electron chi connectivity index (χ2n) is 18.9. The van der Waals surface area contributed by atoms with Gasteiger partial charge in [-0.1, -0.05) is 243 Å². The van der Waals surface area contributed by atoms with Gasteiger partial charge in [-0.05, 0) is 77.0 Å². The Morgan fingerprint density at radius 1 is 0.387 bits per heavy atom. The van der Waals surface area contributed by atoms with E-state index in [0.29, 0.717) is 19.3 Å². The highest BCUT2D eigenvalue weighted by atomic mass is 16.3. The third kappa shape index (κ3) is 43.8. The summed E-state index contributed by atoms with van der Waals surface area (Å²) < 4.78 is 0. The van der Waals surface area contributed by atoms with E-state index in [1.807, 2.05) is 0 Å². The molecule has 0 spiro atoms. The number of unbranched alkanes of at least 4 members (excludes halogenated alkanes) is 35. The standard InChI is InChI=1S/C56H107NO5/c1-3-5-7-9-11-13-15-17-19-21-23-24-25-26-27-28-29-30-32-34-36-38-40-42-44-46-48-50-54(60)56(62)57-52(51-58)55(61)53(59)49-47-45-43-41-39-37-35-33-31-22-20-18-16-14-12-10-8-6-4-2/h26-27,33,35,41,43,52-55,58-61H,3-25,28-32,34,36-40,42,44-51H2,1-2H3,(H,57,62)/b27-26-,35-33+,43-41+. The second-order valence-corrected chi connectivity index (χ2v) is 18.9. The predicted octanol–water partition coefficient (Wildman–Crippen LogP) is 15.6. The second kappa shape index (κ2) is 50.5. The molecule has 62 heavy (non-hydrogen) atoms. The molecule has 4 atom stereocenters. The van der Waals surface area contributed by atoms with Gasteiger partial charge in [-0.15, -0.1) is 0 Å². The van der Waals surface area contributed by atoms with Crippen molar-refractivity contribution in [3.8, 4) is 0 Å². The quantitative estimate of drug-likeness (QED) is 0.0309. The molecule has 0 aliphatic heterocycles. The van der Waals surface area contributed by atoms with Crippen LogP contribution in [-0.4, -0.2) is 57.3 Å². The van der Waals surface area contributed by atoms with E-state index in [9.17, 15) is 25.2 Å². The zero-order valence-corrected chi connectivity index (χ0v) is 41.4. The Bertz CT molecular complexity index is 981. The predicted molar refractivity (Wildman–Crippen MR) is 270 cm³/mol. The third-order valence-corrected chi connectivity index (χ3v) is 12.8. The molecule has 0 aromatic heterocycles. The van der Waals surface area contributed by atoms with Gasteiger partial charge in [-0.2, -0.15) is 0 Å². The normalized spacial score (nSPS) is 14.1. The molecule has 0 aliphatic rings. The Balaban J connectivity index is 3.68. The Morgan fingerprint density at radius 2 is 0.677 bits per heavy atom. The summed E-state index contributed by atoms with van der Waals surface area (Å²) in [6.07, 6.45) is 62.1. The van der Waals surface area contributed by atoms with Gasteiger partial charge in [0, 0.05) is 0 Å². The lowest BCUT2D eigenvalue weighted by molar-refractivity contribution is -0.132. The summed E-state index contributed by atoms with van der Waals surface area (Å²) in [5.41, 5.74) is 0. The molecule has 0 radical (unpaired) electrons. The van der Waals surface area contributed by atoms with E-state index < -0.39 is 36.9 Å². The minimum Gasteiger partial charge on any atom is -0.394 e. The van der Waals surface area contributed by atoms with E-state index in [-0.39, 0.29) is 0 Å². The number of amides is 1. The van der Waals surface area contributed by atoms with E-state index >= 15 is 0 Å². The fourth-order valence-electron chi connectivity index (χ4n) is 8.48. The van der Waals surface area contributed by atoms with Crippen molar-refractivity contribution in [2.75, 3.05) is 6.61 Å². The highest BCUT2D eigenvalue weighted by Crippen LogP contribution is 2.17. The molecular weight excluding hydrogens is 767 g/mol. The molecule has 6 heteroatoms. The van der Waals surface area contributed by atoms with Crippen molar-refractivity contribution in [2.24, 2.45) is 0 Å². The van der Waals surface area contributed by atoms with E-state index in [4.69, 9.17) is 0 Å². The lowest BCUT2D eigenvalue weighted by Crippen LogP contribution is -2.53. The number of rotatable bonds is 50. The van der Waals surface area contributed by atoms with Crippen LogP contribution in [0.5, 0.6) is 0 Å². The van der Waals surface area contributed by atoms with Crippen LogP contribution in [-0.2, 0) is 4.79 Å². The van der Waals surface area contributed by atoms with Crippen LogP contribution in [0.2, 0.25) is 0 Å². The third-order valence-electron chi connectivity index (χ3n) is 12.8.